The Labute approximate surface area is 130 Å². The summed E-state index contributed by atoms with van der Waals surface area (Å²) in [4.78, 5) is 13.9. The lowest BCUT2D eigenvalue weighted by molar-refractivity contribution is 0.0165. The van der Waals surface area contributed by atoms with Gasteiger partial charge in [-0.05, 0) is 44.9 Å². The molecule has 116 valence electrons. The number of aliphatic hydroxyl groups excluding tert-OH is 1. The van der Waals surface area contributed by atoms with Crippen LogP contribution in [0.15, 0.2) is 24.3 Å². The molecule has 1 aromatic rings. The molecule has 1 aliphatic heterocycles. The first-order chi connectivity index (χ1) is 9.81. The number of rotatable bonds is 2. The Morgan fingerprint density at radius 3 is 2.52 bits per heavy atom. The second-order valence-corrected chi connectivity index (χ2v) is 6.81. The summed E-state index contributed by atoms with van der Waals surface area (Å²) < 4.78 is 5.41. The molecule has 21 heavy (non-hydrogen) atoms. The summed E-state index contributed by atoms with van der Waals surface area (Å²) in [5.74, 6) is 0.111. The van der Waals surface area contributed by atoms with Crippen molar-refractivity contribution in [1.29, 1.82) is 0 Å². The summed E-state index contributed by atoms with van der Waals surface area (Å²) >= 11 is 5.91. The molecular weight excluding hydrogens is 290 g/mol. The average molecular weight is 312 g/mol. The van der Waals surface area contributed by atoms with Crippen LogP contribution in [-0.2, 0) is 4.74 Å². The van der Waals surface area contributed by atoms with Crippen LogP contribution in [0.4, 0.5) is 4.79 Å². The summed E-state index contributed by atoms with van der Waals surface area (Å²) in [6.45, 7) is 6.03. The van der Waals surface area contributed by atoms with Crippen LogP contribution in [0.25, 0.3) is 0 Å². The van der Waals surface area contributed by atoms with Gasteiger partial charge in [0, 0.05) is 17.5 Å². The third-order valence-electron chi connectivity index (χ3n) is 3.66. The van der Waals surface area contributed by atoms with E-state index in [-0.39, 0.29) is 24.7 Å². The fourth-order valence-electron chi connectivity index (χ4n) is 2.73. The van der Waals surface area contributed by atoms with Gasteiger partial charge in [0.15, 0.2) is 0 Å². The van der Waals surface area contributed by atoms with E-state index < -0.39 is 5.60 Å². The number of likely N-dealkylation sites (tertiary alicyclic amines) is 1. The summed E-state index contributed by atoms with van der Waals surface area (Å²) in [7, 11) is 0. The Balaban J connectivity index is 2.14. The molecule has 0 spiro atoms. The summed E-state index contributed by atoms with van der Waals surface area (Å²) in [5.41, 5.74) is 0.555. The molecule has 5 heteroatoms. The molecule has 4 nitrogen and oxygen atoms in total. The second kappa shape index (κ2) is 6.24. The highest BCUT2D eigenvalue weighted by Crippen LogP contribution is 2.34. The molecule has 1 aromatic carbocycles. The SMILES string of the molecule is CC(C)(C)OC(=O)N1CC[C@H](c2ccc(Cl)cc2)C1CO. The van der Waals surface area contributed by atoms with Gasteiger partial charge in [-0.3, -0.25) is 0 Å². The minimum absolute atomic E-state index is 0.0768. The minimum Gasteiger partial charge on any atom is -0.444 e. The second-order valence-electron chi connectivity index (χ2n) is 6.37. The number of ether oxygens (including phenoxy) is 1. The number of hydrogen-bond acceptors (Lipinski definition) is 3. The van der Waals surface area contributed by atoms with Gasteiger partial charge in [0.1, 0.15) is 5.60 Å². The molecule has 1 heterocycles. The Kier molecular flexibility index (Phi) is 4.79. The minimum atomic E-state index is -0.532. The maximum atomic E-state index is 12.2. The molecule has 0 radical (unpaired) electrons. The molecule has 1 N–H and O–H groups in total. The monoisotopic (exact) mass is 311 g/mol. The van der Waals surface area contributed by atoms with E-state index in [0.29, 0.717) is 11.6 Å². The molecule has 1 aliphatic rings. The molecule has 2 atom stereocenters. The molecule has 0 bridgehead atoms. The molecule has 1 saturated heterocycles. The van der Waals surface area contributed by atoms with Gasteiger partial charge in [0.25, 0.3) is 0 Å². The van der Waals surface area contributed by atoms with E-state index in [4.69, 9.17) is 16.3 Å². The highest BCUT2D eigenvalue weighted by atomic mass is 35.5. The lowest BCUT2D eigenvalue weighted by Gasteiger charge is -2.29. The van der Waals surface area contributed by atoms with E-state index in [9.17, 15) is 9.90 Å². The van der Waals surface area contributed by atoms with Crippen LogP contribution in [0.5, 0.6) is 0 Å². The fraction of sp³-hybridized carbons (Fsp3) is 0.562. The first kappa shape index (κ1) is 16.1. The first-order valence-corrected chi connectivity index (χ1v) is 7.55. The van der Waals surface area contributed by atoms with Crippen molar-refractivity contribution >= 4 is 17.7 Å². The predicted octanol–water partition coefficient (Wildman–Crippen LogP) is 3.43. The van der Waals surface area contributed by atoms with E-state index >= 15 is 0 Å². The summed E-state index contributed by atoms with van der Waals surface area (Å²) in [6.07, 6.45) is 0.449. The molecule has 0 aliphatic carbocycles. The molecule has 0 aromatic heterocycles. The molecule has 0 saturated carbocycles. The molecule has 1 amide bonds. The van der Waals surface area contributed by atoms with Crippen molar-refractivity contribution < 1.29 is 14.6 Å². The molecule has 1 fully saturated rings. The quantitative estimate of drug-likeness (QED) is 0.910. The van der Waals surface area contributed by atoms with Crippen LogP contribution >= 0.6 is 11.6 Å². The van der Waals surface area contributed by atoms with E-state index in [1.54, 1.807) is 4.90 Å². The number of nitrogens with zero attached hydrogens (tertiary/aromatic N) is 1. The van der Waals surface area contributed by atoms with Gasteiger partial charge in [-0.25, -0.2) is 4.79 Å². The van der Waals surface area contributed by atoms with Crippen LogP contribution in [0.1, 0.15) is 38.7 Å². The van der Waals surface area contributed by atoms with Gasteiger partial charge in [0.05, 0.1) is 12.6 Å². The largest absolute Gasteiger partial charge is 0.444 e. The Hall–Kier alpha value is -1.26. The summed E-state index contributed by atoms with van der Waals surface area (Å²) in [5, 5.41) is 10.4. The van der Waals surface area contributed by atoms with Crippen molar-refractivity contribution in [2.75, 3.05) is 13.2 Å². The first-order valence-electron chi connectivity index (χ1n) is 7.18. The highest BCUT2D eigenvalue weighted by Gasteiger charge is 2.39. The van der Waals surface area contributed by atoms with Gasteiger partial charge in [-0.1, -0.05) is 23.7 Å². The highest BCUT2D eigenvalue weighted by molar-refractivity contribution is 6.30. The average Bonchev–Trinajstić information content (AvgIpc) is 2.81. The maximum Gasteiger partial charge on any atom is 0.410 e. The third-order valence-corrected chi connectivity index (χ3v) is 3.91. The number of aliphatic hydroxyl groups is 1. The molecular formula is C16H22ClNO3. The Morgan fingerprint density at radius 1 is 1.38 bits per heavy atom. The van der Waals surface area contributed by atoms with Gasteiger partial charge in [-0.2, -0.15) is 0 Å². The zero-order valence-electron chi connectivity index (χ0n) is 12.7. The van der Waals surface area contributed by atoms with Gasteiger partial charge in [-0.15, -0.1) is 0 Å². The van der Waals surface area contributed by atoms with Crippen LogP contribution in [0, 0.1) is 0 Å². The third kappa shape index (κ3) is 3.89. The Morgan fingerprint density at radius 2 is 2.00 bits per heavy atom. The van der Waals surface area contributed by atoms with Crippen molar-refractivity contribution in [3.8, 4) is 0 Å². The van der Waals surface area contributed by atoms with E-state index in [0.717, 1.165) is 12.0 Å². The van der Waals surface area contributed by atoms with Gasteiger partial charge >= 0.3 is 6.09 Å². The predicted molar refractivity (Wildman–Crippen MR) is 82.6 cm³/mol. The number of halogens is 1. The van der Waals surface area contributed by atoms with Crippen molar-refractivity contribution in [2.45, 2.75) is 44.8 Å². The smallest absolute Gasteiger partial charge is 0.410 e. The topological polar surface area (TPSA) is 49.8 Å². The fourth-order valence-corrected chi connectivity index (χ4v) is 2.85. The number of carbonyl (C=O) groups is 1. The number of carbonyl (C=O) groups excluding carboxylic acids is 1. The van der Waals surface area contributed by atoms with E-state index in [2.05, 4.69) is 0 Å². The van der Waals surface area contributed by atoms with Crippen molar-refractivity contribution in [3.63, 3.8) is 0 Å². The Bertz CT molecular complexity index is 495. The van der Waals surface area contributed by atoms with Crippen LogP contribution < -0.4 is 0 Å². The van der Waals surface area contributed by atoms with Crippen LogP contribution in [0.2, 0.25) is 5.02 Å². The van der Waals surface area contributed by atoms with Gasteiger partial charge < -0.3 is 14.7 Å². The van der Waals surface area contributed by atoms with Crippen molar-refractivity contribution in [1.82, 2.24) is 4.90 Å². The zero-order valence-corrected chi connectivity index (χ0v) is 13.4. The number of amides is 1. The zero-order chi connectivity index (χ0) is 15.6. The normalized spacial score (nSPS) is 22.4. The van der Waals surface area contributed by atoms with Crippen LogP contribution in [0.3, 0.4) is 0 Å². The summed E-state index contributed by atoms with van der Waals surface area (Å²) in [6, 6.07) is 7.33. The molecule has 1 unspecified atom stereocenters. The maximum absolute atomic E-state index is 12.2. The van der Waals surface area contributed by atoms with Crippen molar-refractivity contribution in [2.24, 2.45) is 0 Å². The lowest BCUT2D eigenvalue weighted by Crippen LogP contribution is -2.42. The van der Waals surface area contributed by atoms with Crippen molar-refractivity contribution in [3.05, 3.63) is 34.9 Å². The van der Waals surface area contributed by atoms with Crippen LogP contribution in [-0.4, -0.2) is 40.9 Å². The van der Waals surface area contributed by atoms with E-state index in [1.807, 2.05) is 45.0 Å². The van der Waals surface area contributed by atoms with E-state index in [1.165, 1.54) is 0 Å². The number of benzene rings is 1. The van der Waals surface area contributed by atoms with Gasteiger partial charge in [0.2, 0.25) is 0 Å². The standard InChI is InChI=1S/C16H22ClNO3/c1-16(2,3)21-15(20)18-9-8-13(14(18)10-19)11-4-6-12(17)7-5-11/h4-7,13-14,19H,8-10H2,1-3H3/t13-,14?/m1/s1. The lowest BCUT2D eigenvalue weighted by atomic mass is 9.92. The molecule has 2 rings (SSSR count). The number of hydrogen-bond donors (Lipinski definition) is 1.